The average molecular weight is 236 g/mol. The van der Waals surface area contributed by atoms with Crippen LogP contribution in [0.5, 0.6) is 0 Å². The number of carbonyl (C=O) groups is 1. The molecule has 1 N–H and O–H groups in total. The molecule has 0 amide bonds. The Bertz CT molecular complexity index is 566. The molecular weight excluding hydrogens is 226 g/mol. The number of aliphatic carboxylic acids is 1. The van der Waals surface area contributed by atoms with Crippen LogP contribution in [0, 0.1) is 6.92 Å². The van der Waals surface area contributed by atoms with E-state index in [1.165, 1.54) is 0 Å². The molecule has 82 valence electrons. The number of nitrogens with zero attached hydrogens (tertiary/aromatic N) is 1. The summed E-state index contributed by atoms with van der Waals surface area (Å²) in [7, 11) is 0. The maximum Gasteiger partial charge on any atom is 0.307 e. The zero-order valence-corrected chi connectivity index (χ0v) is 9.45. The summed E-state index contributed by atoms with van der Waals surface area (Å²) in [6, 6.07) is 7.11. The SMILES string of the molecule is Cc1cc(Cl)c2cc(CC(=O)O)ccc2n1. The van der Waals surface area contributed by atoms with Gasteiger partial charge in [0.1, 0.15) is 0 Å². The lowest BCUT2D eigenvalue weighted by molar-refractivity contribution is -0.136. The van der Waals surface area contributed by atoms with Crippen LogP contribution in [0.25, 0.3) is 10.9 Å². The predicted octanol–water partition coefficient (Wildman–Crippen LogP) is 2.82. The van der Waals surface area contributed by atoms with E-state index >= 15 is 0 Å². The molecule has 1 heterocycles. The summed E-state index contributed by atoms with van der Waals surface area (Å²) in [5.41, 5.74) is 2.37. The summed E-state index contributed by atoms with van der Waals surface area (Å²) in [6.45, 7) is 1.87. The standard InChI is InChI=1S/C12H10ClNO2/c1-7-4-10(13)9-5-8(6-12(15)16)2-3-11(9)14-7/h2-5H,6H2,1H3,(H,15,16). The zero-order chi connectivity index (χ0) is 11.7. The first-order valence-corrected chi connectivity index (χ1v) is 5.21. The van der Waals surface area contributed by atoms with Gasteiger partial charge in [-0.3, -0.25) is 9.78 Å². The van der Waals surface area contributed by atoms with Crippen molar-refractivity contribution in [2.75, 3.05) is 0 Å². The highest BCUT2D eigenvalue weighted by atomic mass is 35.5. The molecule has 0 fully saturated rings. The number of halogens is 1. The van der Waals surface area contributed by atoms with Gasteiger partial charge in [-0.15, -0.1) is 0 Å². The van der Waals surface area contributed by atoms with Crippen molar-refractivity contribution in [1.29, 1.82) is 0 Å². The summed E-state index contributed by atoms with van der Waals surface area (Å²) < 4.78 is 0. The molecule has 1 aromatic heterocycles. The number of carboxylic acid groups (broad SMARTS) is 1. The number of hydrogen-bond acceptors (Lipinski definition) is 2. The van der Waals surface area contributed by atoms with Gasteiger partial charge in [0.05, 0.1) is 17.0 Å². The van der Waals surface area contributed by atoms with Gasteiger partial charge in [-0.25, -0.2) is 0 Å². The van der Waals surface area contributed by atoms with Crippen molar-refractivity contribution in [3.05, 3.63) is 40.5 Å². The van der Waals surface area contributed by atoms with E-state index in [1.54, 1.807) is 24.3 Å². The highest BCUT2D eigenvalue weighted by Crippen LogP contribution is 2.24. The number of carboxylic acids is 1. The number of aryl methyl sites for hydroxylation is 1. The van der Waals surface area contributed by atoms with Crippen LogP contribution in [0.15, 0.2) is 24.3 Å². The fourth-order valence-corrected chi connectivity index (χ4v) is 1.95. The summed E-state index contributed by atoms with van der Waals surface area (Å²) in [5, 5.41) is 10.1. The predicted molar refractivity (Wildman–Crippen MR) is 62.8 cm³/mol. The minimum absolute atomic E-state index is 0.000144. The fraction of sp³-hybridized carbons (Fsp3) is 0.167. The quantitative estimate of drug-likeness (QED) is 0.871. The smallest absolute Gasteiger partial charge is 0.307 e. The largest absolute Gasteiger partial charge is 0.481 e. The molecule has 0 spiro atoms. The van der Waals surface area contributed by atoms with Crippen LogP contribution in [-0.2, 0) is 11.2 Å². The lowest BCUT2D eigenvalue weighted by Gasteiger charge is -2.04. The Labute approximate surface area is 97.7 Å². The van der Waals surface area contributed by atoms with E-state index in [4.69, 9.17) is 16.7 Å². The van der Waals surface area contributed by atoms with Crippen LogP contribution in [0.3, 0.4) is 0 Å². The normalized spacial score (nSPS) is 10.6. The van der Waals surface area contributed by atoms with Crippen LogP contribution < -0.4 is 0 Å². The van der Waals surface area contributed by atoms with Gasteiger partial charge in [0, 0.05) is 11.1 Å². The average Bonchev–Trinajstić information content (AvgIpc) is 2.18. The monoisotopic (exact) mass is 235 g/mol. The molecule has 3 nitrogen and oxygen atoms in total. The third-order valence-corrected chi connectivity index (χ3v) is 2.62. The Morgan fingerprint density at radius 3 is 2.88 bits per heavy atom. The summed E-state index contributed by atoms with van der Waals surface area (Å²) >= 11 is 6.08. The second-order valence-corrected chi connectivity index (χ2v) is 4.07. The third kappa shape index (κ3) is 2.14. The number of pyridine rings is 1. The molecule has 2 aromatic rings. The lowest BCUT2D eigenvalue weighted by Crippen LogP contribution is -2.00. The first-order chi connectivity index (χ1) is 7.56. The topological polar surface area (TPSA) is 50.2 Å². The minimum Gasteiger partial charge on any atom is -0.481 e. The molecule has 4 heteroatoms. The maximum absolute atomic E-state index is 10.6. The molecule has 0 unspecified atom stereocenters. The van der Waals surface area contributed by atoms with Crippen molar-refractivity contribution in [2.24, 2.45) is 0 Å². The third-order valence-electron chi connectivity index (χ3n) is 2.31. The van der Waals surface area contributed by atoms with Crippen molar-refractivity contribution < 1.29 is 9.90 Å². The number of benzene rings is 1. The number of hydrogen-bond donors (Lipinski definition) is 1. The van der Waals surface area contributed by atoms with Crippen molar-refractivity contribution in [3.8, 4) is 0 Å². The first kappa shape index (κ1) is 10.9. The number of fused-ring (bicyclic) bond motifs is 1. The van der Waals surface area contributed by atoms with Crippen molar-refractivity contribution >= 4 is 28.5 Å². The molecule has 0 saturated heterocycles. The van der Waals surface area contributed by atoms with Crippen LogP contribution in [0.1, 0.15) is 11.3 Å². The second kappa shape index (κ2) is 4.10. The molecule has 1 aromatic carbocycles. The van der Waals surface area contributed by atoms with Gasteiger partial charge < -0.3 is 5.11 Å². The zero-order valence-electron chi connectivity index (χ0n) is 8.70. The summed E-state index contributed by atoms with van der Waals surface area (Å²) in [6.07, 6.45) is 0.000144. The molecule has 0 aliphatic heterocycles. The van der Waals surface area contributed by atoms with Gasteiger partial charge in [-0.1, -0.05) is 17.7 Å². The van der Waals surface area contributed by atoms with E-state index in [0.717, 1.165) is 22.2 Å². The Hall–Kier alpha value is -1.61. The van der Waals surface area contributed by atoms with Crippen molar-refractivity contribution in [3.63, 3.8) is 0 Å². The molecule has 0 aliphatic carbocycles. The van der Waals surface area contributed by atoms with Crippen LogP contribution in [0.4, 0.5) is 0 Å². The van der Waals surface area contributed by atoms with E-state index in [9.17, 15) is 4.79 Å². The fourth-order valence-electron chi connectivity index (χ4n) is 1.64. The Kier molecular flexibility index (Phi) is 2.79. The Balaban J connectivity index is 2.57. The molecule has 16 heavy (non-hydrogen) atoms. The van der Waals surface area contributed by atoms with Crippen LogP contribution in [-0.4, -0.2) is 16.1 Å². The molecule has 0 saturated carbocycles. The van der Waals surface area contributed by atoms with E-state index < -0.39 is 5.97 Å². The van der Waals surface area contributed by atoms with Gasteiger partial charge in [0.15, 0.2) is 0 Å². The summed E-state index contributed by atoms with van der Waals surface area (Å²) in [4.78, 5) is 14.9. The van der Waals surface area contributed by atoms with E-state index in [-0.39, 0.29) is 6.42 Å². The molecule has 0 bridgehead atoms. The summed E-state index contributed by atoms with van der Waals surface area (Å²) in [5.74, 6) is -0.851. The molecule has 0 aliphatic rings. The van der Waals surface area contributed by atoms with E-state index in [2.05, 4.69) is 4.98 Å². The van der Waals surface area contributed by atoms with Gasteiger partial charge >= 0.3 is 5.97 Å². The van der Waals surface area contributed by atoms with Crippen LogP contribution in [0.2, 0.25) is 5.02 Å². The van der Waals surface area contributed by atoms with Gasteiger partial charge in [-0.2, -0.15) is 0 Å². The van der Waals surface area contributed by atoms with Gasteiger partial charge in [0.2, 0.25) is 0 Å². The van der Waals surface area contributed by atoms with E-state index in [1.807, 2.05) is 6.92 Å². The Morgan fingerprint density at radius 2 is 2.19 bits per heavy atom. The van der Waals surface area contributed by atoms with Gasteiger partial charge in [0.25, 0.3) is 0 Å². The maximum atomic E-state index is 10.6. The molecule has 0 atom stereocenters. The minimum atomic E-state index is -0.851. The number of rotatable bonds is 2. The second-order valence-electron chi connectivity index (χ2n) is 3.67. The molecule has 0 radical (unpaired) electrons. The first-order valence-electron chi connectivity index (χ1n) is 4.84. The lowest BCUT2D eigenvalue weighted by atomic mass is 10.1. The Morgan fingerprint density at radius 1 is 1.44 bits per heavy atom. The molecular formula is C12H10ClNO2. The molecule has 2 rings (SSSR count). The van der Waals surface area contributed by atoms with E-state index in [0.29, 0.717) is 5.02 Å². The van der Waals surface area contributed by atoms with Gasteiger partial charge in [-0.05, 0) is 30.7 Å². The highest BCUT2D eigenvalue weighted by molar-refractivity contribution is 6.35. The van der Waals surface area contributed by atoms with Crippen LogP contribution >= 0.6 is 11.6 Å². The van der Waals surface area contributed by atoms with Crippen molar-refractivity contribution in [2.45, 2.75) is 13.3 Å². The number of aromatic nitrogens is 1. The van der Waals surface area contributed by atoms with Crippen molar-refractivity contribution in [1.82, 2.24) is 4.98 Å². The highest BCUT2D eigenvalue weighted by Gasteiger charge is 2.05.